The van der Waals surface area contributed by atoms with E-state index < -0.39 is 0 Å². The first kappa shape index (κ1) is 15.1. The summed E-state index contributed by atoms with van der Waals surface area (Å²) in [5.41, 5.74) is 0.521. The van der Waals surface area contributed by atoms with Crippen LogP contribution in [0.3, 0.4) is 0 Å². The number of fused-ring (bicyclic) bond motifs is 1. The second-order valence-corrected chi connectivity index (χ2v) is 8.11. The van der Waals surface area contributed by atoms with Crippen molar-refractivity contribution in [3.05, 3.63) is 54.1 Å². The van der Waals surface area contributed by atoms with Gasteiger partial charge in [0.1, 0.15) is 5.75 Å². The molecule has 5 heteroatoms. The lowest BCUT2D eigenvalue weighted by Crippen LogP contribution is -2.40. The van der Waals surface area contributed by atoms with Crippen molar-refractivity contribution in [1.82, 2.24) is 5.01 Å². The van der Waals surface area contributed by atoms with Gasteiger partial charge in [-0.1, -0.05) is 42.5 Å². The first-order valence-corrected chi connectivity index (χ1v) is 9.46. The summed E-state index contributed by atoms with van der Waals surface area (Å²) in [6, 6.07) is 11.1. The fourth-order valence-electron chi connectivity index (χ4n) is 5.59. The zero-order valence-electron chi connectivity index (χ0n) is 14.5. The molecule has 0 aromatic heterocycles. The average molecular weight is 358 g/mol. The second kappa shape index (κ2) is 5.06. The molecular formula is C22H18N2O3. The molecule has 2 aromatic rings. The Morgan fingerprint density at radius 1 is 0.963 bits per heavy atom. The number of aromatic hydroxyl groups is 1. The number of imide groups is 1. The molecule has 27 heavy (non-hydrogen) atoms. The van der Waals surface area contributed by atoms with Crippen LogP contribution in [0.5, 0.6) is 5.75 Å². The molecule has 7 rings (SSSR count). The Bertz CT molecular complexity index is 1040. The van der Waals surface area contributed by atoms with E-state index in [0.29, 0.717) is 17.4 Å². The highest BCUT2D eigenvalue weighted by atomic mass is 16.3. The number of rotatable bonds is 2. The minimum absolute atomic E-state index is 0.0805. The first-order chi connectivity index (χ1) is 13.1. The number of hydrogen-bond acceptors (Lipinski definition) is 4. The number of hydrazone groups is 1. The molecule has 2 aromatic carbocycles. The first-order valence-electron chi connectivity index (χ1n) is 9.46. The van der Waals surface area contributed by atoms with Gasteiger partial charge >= 0.3 is 0 Å². The second-order valence-electron chi connectivity index (χ2n) is 8.11. The Morgan fingerprint density at radius 3 is 2.33 bits per heavy atom. The van der Waals surface area contributed by atoms with Gasteiger partial charge in [0, 0.05) is 5.56 Å². The van der Waals surface area contributed by atoms with Crippen molar-refractivity contribution < 1.29 is 14.7 Å². The molecule has 3 fully saturated rings. The van der Waals surface area contributed by atoms with E-state index in [1.807, 2.05) is 30.3 Å². The molecule has 134 valence electrons. The maximum Gasteiger partial charge on any atom is 0.254 e. The Morgan fingerprint density at radius 2 is 1.63 bits per heavy atom. The molecule has 1 aliphatic heterocycles. The van der Waals surface area contributed by atoms with E-state index in [9.17, 15) is 14.7 Å². The van der Waals surface area contributed by atoms with Crippen LogP contribution in [0.4, 0.5) is 0 Å². The van der Waals surface area contributed by atoms with E-state index in [4.69, 9.17) is 0 Å². The fraction of sp³-hybridized carbons (Fsp3) is 0.318. The van der Waals surface area contributed by atoms with Gasteiger partial charge in [0.25, 0.3) is 11.8 Å². The van der Waals surface area contributed by atoms with Crippen molar-refractivity contribution in [2.75, 3.05) is 0 Å². The average Bonchev–Trinajstić information content (AvgIpc) is 3.47. The van der Waals surface area contributed by atoms with Crippen molar-refractivity contribution >= 4 is 28.8 Å². The molecule has 1 saturated heterocycles. The summed E-state index contributed by atoms with van der Waals surface area (Å²) in [4.78, 5) is 25.9. The van der Waals surface area contributed by atoms with Gasteiger partial charge in [0.2, 0.25) is 0 Å². The maximum absolute atomic E-state index is 13.0. The van der Waals surface area contributed by atoms with Gasteiger partial charge in [-0.3, -0.25) is 9.59 Å². The minimum Gasteiger partial charge on any atom is -0.507 e. The van der Waals surface area contributed by atoms with Crippen molar-refractivity contribution in [1.29, 1.82) is 0 Å². The van der Waals surface area contributed by atoms with Gasteiger partial charge in [-0.15, -0.1) is 0 Å². The van der Waals surface area contributed by atoms with E-state index in [2.05, 4.69) is 17.3 Å². The van der Waals surface area contributed by atoms with Crippen LogP contribution in [0.15, 0.2) is 53.7 Å². The van der Waals surface area contributed by atoms with Crippen molar-refractivity contribution in [2.45, 2.75) is 6.42 Å². The summed E-state index contributed by atoms with van der Waals surface area (Å²) in [6.07, 6.45) is 6.88. The van der Waals surface area contributed by atoms with E-state index in [1.54, 1.807) is 6.07 Å². The van der Waals surface area contributed by atoms with Crippen LogP contribution in [-0.2, 0) is 9.59 Å². The number of amides is 2. The third-order valence-electron chi connectivity index (χ3n) is 6.89. The predicted molar refractivity (Wildman–Crippen MR) is 99.8 cm³/mol. The van der Waals surface area contributed by atoms with Crippen LogP contribution >= 0.6 is 0 Å². The quantitative estimate of drug-likeness (QED) is 0.510. The number of benzene rings is 2. The summed E-state index contributed by atoms with van der Waals surface area (Å²) in [7, 11) is 0. The lowest BCUT2D eigenvalue weighted by Gasteiger charge is -2.37. The lowest BCUT2D eigenvalue weighted by molar-refractivity contribution is -0.140. The Balaban J connectivity index is 1.38. The zero-order valence-corrected chi connectivity index (χ0v) is 14.5. The number of carbonyl (C=O) groups is 2. The summed E-state index contributed by atoms with van der Waals surface area (Å²) in [6.45, 7) is 0. The smallest absolute Gasteiger partial charge is 0.254 e. The molecule has 2 bridgehead atoms. The van der Waals surface area contributed by atoms with Crippen molar-refractivity contribution in [3.8, 4) is 5.75 Å². The Kier molecular flexibility index (Phi) is 2.84. The van der Waals surface area contributed by atoms with Gasteiger partial charge in [-0.05, 0) is 46.9 Å². The van der Waals surface area contributed by atoms with Gasteiger partial charge in [0.15, 0.2) is 0 Å². The SMILES string of the molecule is O=C1C2C3C=CC(C4CC34)C2C(=O)N1N=Cc1c(O)ccc2ccccc12. The zero-order chi connectivity index (χ0) is 18.3. The molecule has 1 N–H and O–H groups in total. The molecule has 2 amide bonds. The fourth-order valence-corrected chi connectivity index (χ4v) is 5.59. The molecule has 4 aliphatic carbocycles. The molecule has 2 saturated carbocycles. The number of nitrogens with zero attached hydrogens (tertiary/aromatic N) is 2. The van der Waals surface area contributed by atoms with E-state index in [-0.39, 0.29) is 41.2 Å². The van der Waals surface area contributed by atoms with Crippen LogP contribution in [-0.4, -0.2) is 28.1 Å². The molecule has 5 nitrogen and oxygen atoms in total. The topological polar surface area (TPSA) is 70.0 Å². The third kappa shape index (κ3) is 1.91. The van der Waals surface area contributed by atoms with E-state index >= 15 is 0 Å². The number of phenols is 1. The van der Waals surface area contributed by atoms with Crippen LogP contribution in [0.1, 0.15) is 12.0 Å². The van der Waals surface area contributed by atoms with Crippen LogP contribution in [0, 0.1) is 35.5 Å². The highest BCUT2D eigenvalue weighted by molar-refractivity contribution is 6.08. The molecule has 0 radical (unpaired) electrons. The summed E-state index contributed by atoms with van der Waals surface area (Å²) >= 11 is 0. The van der Waals surface area contributed by atoms with Gasteiger partial charge in [-0.2, -0.15) is 10.1 Å². The molecule has 1 heterocycles. The van der Waals surface area contributed by atoms with Crippen LogP contribution in [0.25, 0.3) is 10.8 Å². The normalized spacial score (nSPS) is 35.9. The number of phenolic OH excluding ortho intramolecular Hbond substituents is 1. The molecule has 0 spiro atoms. The maximum atomic E-state index is 13.0. The van der Waals surface area contributed by atoms with Crippen LogP contribution in [0.2, 0.25) is 0 Å². The molecule has 6 atom stereocenters. The monoisotopic (exact) mass is 358 g/mol. The lowest BCUT2D eigenvalue weighted by atomic mass is 9.63. The highest BCUT2D eigenvalue weighted by Gasteiger charge is 2.67. The largest absolute Gasteiger partial charge is 0.507 e. The Hall–Kier alpha value is -2.95. The molecule has 6 unspecified atom stereocenters. The number of hydrogen-bond donors (Lipinski definition) is 1. The van der Waals surface area contributed by atoms with Crippen molar-refractivity contribution in [2.24, 2.45) is 40.6 Å². The van der Waals surface area contributed by atoms with Gasteiger partial charge in [0.05, 0.1) is 18.1 Å². The Labute approximate surface area is 156 Å². The van der Waals surface area contributed by atoms with E-state index in [1.165, 1.54) is 6.21 Å². The predicted octanol–water partition coefficient (Wildman–Crippen LogP) is 2.93. The molecule has 5 aliphatic rings. The number of allylic oxidation sites excluding steroid dienone is 2. The van der Waals surface area contributed by atoms with Gasteiger partial charge < -0.3 is 5.11 Å². The van der Waals surface area contributed by atoms with Gasteiger partial charge in [-0.25, -0.2) is 0 Å². The third-order valence-corrected chi connectivity index (χ3v) is 6.89. The summed E-state index contributed by atoms with van der Waals surface area (Å²) in [5.74, 6) is 0.714. The highest BCUT2D eigenvalue weighted by Crippen LogP contribution is 2.65. The number of carbonyl (C=O) groups excluding carboxylic acids is 2. The van der Waals surface area contributed by atoms with Crippen molar-refractivity contribution in [3.63, 3.8) is 0 Å². The minimum atomic E-state index is -0.255. The standard InChI is InChI=1S/C22H18N2O3/c25-18-8-5-11-3-1-2-4-12(11)17(18)10-23-24-21(26)19-13-6-7-14(16-9-15(13)16)20(19)22(24)27/h1-8,10,13-16,19-20,25H,9H2. The molecular weight excluding hydrogens is 340 g/mol. The summed E-state index contributed by atoms with van der Waals surface area (Å²) < 4.78 is 0. The van der Waals surface area contributed by atoms with E-state index in [0.717, 1.165) is 22.2 Å². The van der Waals surface area contributed by atoms with Crippen LogP contribution < -0.4 is 0 Å². The summed E-state index contributed by atoms with van der Waals surface area (Å²) in [5, 5.41) is 17.4.